The molecule has 3 fully saturated rings. The number of nitrogens with one attached hydrogen (secondary N) is 2. The number of benzene rings is 1. The van der Waals surface area contributed by atoms with Crippen molar-refractivity contribution in [3.63, 3.8) is 0 Å². The van der Waals surface area contributed by atoms with Crippen molar-refractivity contribution in [2.75, 3.05) is 33.7 Å². The Hall–Kier alpha value is -5.78. The highest BCUT2D eigenvalue weighted by molar-refractivity contribution is 7.53. The number of aliphatic hydroxyl groups is 2. The number of allylic oxidation sites excluding steroid dienone is 5. The van der Waals surface area contributed by atoms with Gasteiger partial charge in [-0.25, -0.2) is 14.2 Å². The number of ether oxygens (including phenoxy) is 4. The van der Waals surface area contributed by atoms with E-state index in [-0.39, 0.29) is 45.2 Å². The monoisotopic (exact) mass is 973 g/mol. The van der Waals surface area contributed by atoms with Crippen LogP contribution in [0.15, 0.2) is 104 Å². The fourth-order valence-electron chi connectivity index (χ4n) is 6.25. The van der Waals surface area contributed by atoms with Crippen LogP contribution in [0.25, 0.3) is 0 Å². The third-order valence-electron chi connectivity index (χ3n) is 8.95. The van der Waals surface area contributed by atoms with E-state index in [1.165, 1.54) is 51.9 Å². The number of hydrogen-bond acceptors (Lipinski definition) is 20. The molecule has 4 aliphatic rings. The van der Waals surface area contributed by atoms with Gasteiger partial charge in [-0.1, -0.05) is 38.3 Å². The van der Waals surface area contributed by atoms with Crippen molar-refractivity contribution in [1.82, 2.24) is 19.1 Å². The maximum absolute atomic E-state index is 13.1. The van der Waals surface area contributed by atoms with Crippen molar-refractivity contribution in [2.45, 2.75) is 70.0 Å². The lowest BCUT2D eigenvalue weighted by atomic mass is 10.1. The lowest BCUT2D eigenvalue weighted by molar-refractivity contribution is -0.191. The van der Waals surface area contributed by atoms with Gasteiger partial charge in [-0.2, -0.15) is 9.59 Å². The van der Waals surface area contributed by atoms with Crippen LogP contribution in [-0.2, 0) is 67.4 Å². The van der Waals surface area contributed by atoms with Gasteiger partial charge in [0.2, 0.25) is 0 Å². The van der Waals surface area contributed by atoms with E-state index in [2.05, 4.69) is 16.5 Å². The maximum atomic E-state index is 13.1. The predicted molar refractivity (Wildman–Crippen MR) is 229 cm³/mol. The minimum Gasteiger partial charge on any atom is -0.461 e. The average molecular weight is 974 g/mol. The van der Waals surface area contributed by atoms with E-state index in [1.807, 2.05) is 0 Å². The van der Waals surface area contributed by atoms with Gasteiger partial charge in [0.25, 0.3) is 11.1 Å². The summed E-state index contributed by atoms with van der Waals surface area (Å²) >= 11 is 0. The van der Waals surface area contributed by atoms with Crippen molar-refractivity contribution in [3.05, 3.63) is 132 Å². The molecule has 3 saturated heterocycles. The van der Waals surface area contributed by atoms with Crippen molar-refractivity contribution in [1.29, 1.82) is 0 Å². The summed E-state index contributed by atoms with van der Waals surface area (Å²) in [6, 6.07) is 8.67. The van der Waals surface area contributed by atoms with Crippen LogP contribution < -0.4 is 27.0 Å². The molecule has 6 unspecified atom stereocenters. The topological polar surface area (TPSA) is 358 Å². The first-order valence-corrected chi connectivity index (χ1v) is 22.6. The molecule has 25 nitrogen and oxygen atoms in total. The minimum atomic E-state index is -3.75. The Balaban J connectivity index is 0.000000558. The van der Waals surface area contributed by atoms with E-state index in [1.54, 1.807) is 36.4 Å². The summed E-state index contributed by atoms with van der Waals surface area (Å²) in [7, 11) is -5.64. The van der Waals surface area contributed by atoms with E-state index in [9.17, 15) is 48.1 Å². The number of nitrogens with zero attached hydrogens (tertiary/aromatic N) is 2. The van der Waals surface area contributed by atoms with Crippen LogP contribution in [0.2, 0.25) is 0 Å². The number of hydrogen-bond donors (Lipinski definition) is 4. The summed E-state index contributed by atoms with van der Waals surface area (Å²) in [4.78, 5) is 88.1. The number of carbonyl (C=O) groups excluding carboxylic acids is 4. The van der Waals surface area contributed by atoms with Crippen LogP contribution >= 0.6 is 15.2 Å². The zero-order valence-electron chi connectivity index (χ0n) is 35.9. The van der Waals surface area contributed by atoms with E-state index in [0.717, 1.165) is 26.8 Å². The van der Waals surface area contributed by atoms with Gasteiger partial charge in [-0.05, 0) is 35.4 Å². The van der Waals surface area contributed by atoms with Gasteiger partial charge in [-0.3, -0.25) is 56.4 Å². The van der Waals surface area contributed by atoms with Crippen molar-refractivity contribution in [2.24, 2.45) is 0 Å². The van der Waals surface area contributed by atoms with Crippen LogP contribution in [0.3, 0.4) is 0 Å². The Kier molecular flexibility index (Phi) is 21.5. The molecule has 2 aromatic heterocycles. The van der Waals surface area contributed by atoms with Crippen LogP contribution in [0.4, 0.5) is 0 Å². The van der Waals surface area contributed by atoms with Crippen LogP contribution in [0.5, 0.6) is 5.75 Å². The number of aromatic amines is 2. The highest BCUT2D eigenvalue weighted by atomic mass is 31.2. The SMILES string of the molecule is C.C=C1C=CC(=O)C=C1.COC1C(OP(C)(=O)Oc2ccc(COC(C)=O)cc2)[C@@H](CO)O[C@H]1n1ccc(=O)[nH]c1=O.CP1(=O)OC2C(O1)[C@@H](CO)O[C@H]2n1ccc(=O)[nH]c1=O.O.O=C=O.[H+]. The highest BCUT2D eigenvalue weighted by Crippen LogP contribution is 2.58. The predicted octanol–water partition coefficient (Wildman–Crippen LogP) is 0.403. The van der Waals surface area contributed by atoms with Crippen molar-refractivity contribution < 1.29 is 82.5 Å². The normalized spacial score (nSPS) is 26.5. The molecule has 5 heterocycles. The summed E-state index contributed by atoms with van der Waals surface area (Å²) in [5, 5.41) is 19.0. The van der Waals surface area contributed by atoms with Gasteiger partial charge in [0.05, 0.1) is 13.2 Å². The van der Waals surface area contributed by atoms with Gasteiger partial charge in [0.15, 0.2) is 18.2 Å². The zero-order chi connectivity index (χ0) is 47.4. The number of methoxy groups -OCH3 is 1. The molecule has 1 aromatic carbocycles. The number of fused-ring (bicyclic) bond motifs is 1. The second-order valence-corrected chi connectivity index (χ2v) is 17.6. The summed E-state index contributed by atoms with van der Waals surface area (Å²) in [5.41, 5.74) is -0.950. The van der Waals surface area contributed by atoms with Crippen molar-refractivity contribution >= 4 is 33.1 Å². The molecule has 7 rings (SSSR count). The summed E-state index contributed by atoms with van der Waals surface area (Å²) in [5.74, 6) is -0.124. The first kappa shape index (κ1) is 56.3. The average Bonchev–Trinajstić information content (AvgIpc) is 3.86. The molecule has 6 N–H and O–H groups in total. The molecular formula is C39H51N4O21P2+. The third kappa shape index (κ3) is 15.4. The molecule has 0 amide bonds. The molecule has 27 heteroatoms. The molecule has 66 heavy (non-hydrogen) atoms. The second kappa shape index (κ2) is 25.2. The van der Waals surface area contributed by atoms with E-state index < -0.39 is 99.3 Å². The van der Waals surface area contributed by atoms with Crippen LogP contribution in [0, 0.1) is 0 Å². The number of H-pyrrole nitrogens is 2. The Morgan fingerprint density at radius 1 is 0.864 bits per heavy atom. The molecular weight excluding hydrogens is 922 g/mol. The van der Waals surface area contributed by atoms with Gasteiger partial charge in [0.1, 0.15) is 49.0 Å². The first-order valence-electron chi connectivity index (χ1n) is 18.6. The number of esters is 1. The quantitative estimate of drug-likeness (QED) is 0.149. The van der Waals surface area contributed by atoms with Gasteiger partial charge in [-0.15, -0.1) is 0 Å². The highest BCUT2D eigenvalue weighted by Gasteiger charge is 2.56. The molecule has 3 aromatic rings. The third-order valence-corrected chi connectivity index (χ3v) is 11.4. The number of ketones is 1. The van der Waals surface area contributed by atoms with E-state index >= 15 is 0 Å². The fraction of sp³-hybridized carbons (Fsp3) is 0.410. The lowest BCUT2D eigenvalue weighted by Gasteiger charge is -2.26. The summed E-state index contributed by atoms with van der Waals surface area (Å²) in [6.45, 7) is 6.71. The Morgan fingerprint density at radius 3 is 1.83 bits per heavy atom. The standard InChI is InChI=1S/C20H25N2O10P.C10H13N2O7P.C7H6O.CO2.CH4.H2O/c1-12(24)29-11-13-4-6-14(7-5-13)31-33(3,27)32-17-15(10-23)30-19(18(17)28-2)22-9-8-16(25)21-20(22)26;1-20(16)18-7-5(4-13)17-9(8(7)19-20)12-3-2-6(14)11-10(12)15;1-6-2-4-7(8)5-3-6;2-1-3;;/h4-9,15,17-19,23H,10-11H2,1-3H3,(H,21,25,26);2-3,5,7-9,13H,4H2,1H3,(H,11,14,15);2-5H,1H2;;1H4;1H2/p+1/t15-,17?,18?,19-,33?;5-,7?,8?,9-,20?;;;;/m11..../s1. The first-order chi connectivity index (χ1) is 30.2. The Morgan fingerprint density at radius 2 is 1.36 bits per heavy atom. The van der Waals surface area contributed by atoms with Crippen molar-refractivity contribution in [3.8, 4) is 5.75 Å². The zero-order valence-corrected chi connectivity index (χ0v) is 36.7. The second-order valence-electron chi connectivity index (χ2n) is 13.7. The largest absolute Gasteiger partial charge is 1.00 e. The molecule has 0 spiro atoms. The van der Waals surface area contributed by atoms with E-state index in [0.29, 0.717) is 5.56 Å². The minimum absolute atomic E-state index is 0. The Bertz CT molecular complexity index is 2550. The molecule has 3 aliphatic heterocycles. The molecule has 0 saturated carbocycles. The van der Waals surface area contributed by atoms with Crippen LogP contribution in [-0.4, -0.2) is 123 Å². The van der Waals surface area contributed by atoms with Gasteiger partial charge >= 0.3 is 40.1 Å². The van der Waals surface area contributed by atoms with Crippen LogP contribution in [0.1, 0.15) is 33.8 Å². The Labute approximate surface area is 376 Å². The molecule has 0 bridgehead atoms. The number of aromatic nitrogens is 4. The molecule has 1 aliphatic carbocycles. The van der Waals surface area contributed by atoms with Gasteiger partial charge < -0.3 is 39.2 Å². The number of rotatable bonds is 11. The molecule has 10 atom stereocenters. The lowest BCUT2D eigenvalue weighted by Crippen LogP contribution is -2.39. The fourth-order valence-corrected chi connectivity index (χ4v) is 8.91. The smallest absolute Gasteiger partial charge is 0.461 e. The van der Waals surface area contributed by atoms with Gasteiger partial charge in [0, 0.05) is 51.9 Å². The number of aliphatic hydroxyl groups excluding tert-OH is 2. The summed E-state index contributed by atoms with van der Waals surface area (Å²) < 4.78 is 70.5. The van der Waals surface area contributed by atoms with E-state index in [4.69, 9.17) is 46.6 Å². The molecule has 362 valence electrons. The maximum Gasteiger partial charge on any atom is 1.00 e. The molecule has 0 radical (unpaired) electrons. The summed E-state index contributed by atoms with van der Waals surface area (Å²) in [6.07, 6.45) is 1.91. The number of carbonyl (C=O) groups is 2.